The number of aromatic nitrogens is 1. The zero-order valence-corrected chi connectivity index (χ0v) is 13.1. The van der Waals surface area contributed by atoms with Crippen molar-refractivity contribution in [2.75, 3.05) is 5.75 Å². The highest BCUT2D eigenvalue weighted by atomic mass is 32.2. The van der Waals surface area contributed by atoms with Crippen molar-refractivity contribution < 1.29 is 22.5 Å². The molecule has 1 N–H and O–H groups in total. The Morgan fingerprint density at radius 1 is 1.04 bits per heavy atom. The second-order valence-corrected chi connectivity index (χ2v) is 6.76. The summed E-state index contributed by atoms with van der Waals surface area (Å²) in [5.41, 5.74) is 2.09. The average molecular weight is 337 g/mol. The van der Waals surface area contributed by atoms with Crippen molar-refractivity contribution >= 4 is 15.8 Å². The lowest BCUT2D eigenvalue weighted by molar-refractivity contribution is -0.696. The molecule has 2 rings (SSSR count). The summed E-state index contributed by atoms with van der Waals surface area (Å²) in [7, 11) is -3.91. The predicted octanol–water partition coefficient (Wildman–Crippen LogP) is 1.75. The third kappa shape index (κ3) is 5.76. The lowest BCUT2D eigenvalue weighted by Crippen LogP contribution is -2.33. The molecule has 0 aliphatic heterocycles. The molecule has 0 bridgehead atoms. The van der Waals surface area contributed by atoms with Crippen LogP contribution in [0.3, 0.4) is 0 Å². The maximum Gasteiger partial charge on any atom is 0.269 e. The van der Waals surface area contributed by atoms with Crippen LogP contribution in [0.1, 0.15) is 17.5 Å². The van der Waals surface area contributed by atoms with Crippen LogP contribution in [0.2, 0.25) is 0 Å². The van der Waals surface area contributed by atoms with Gasteiger partial charge in [0.2, 0.25) is 0 Å². The summed E-state index contributed by atoms with van der Waals surface area (Å²) in [5.74, 6) is -0.259. The summed E-state index contributed by atoms with van der Waals surface area (Å²) < 4.78 is 31.8. The average Bonchev–Trinajstić information content (AvgIpc) is 2.48. The highest BCUT2D eigenvalue weighted by Crippen LogP contribution is 2.14. The molecule has 1 heterocycles. The minimum Gasteiger partial charge on any atom is -0.286 e. The normalized spacial score (nSPS) is 11.3. The lowest BCUT2D eigenvalue weighted by Gasteiger charge is -2.02. The van der Waals surface area contributed by atoms with Crippen molar-refractivity contribution in [3.05, 3.63) is 70.0 Å². The van der Waals surface area contributed by atoms with Crippen molar-refractivity contribution in [2.45, 2.75) is 19.4 Å². The van der Waals surface area contributed by atoms with E-state index in [9.17, 15) is 18.5 Å². The van der Waals surface area contributed by atoms with Gasteiger partial charge in [0.25, 0.3) is 15.8 Å². The van der Waals surface area contributed by atoms with Crippen LogP contribution in [0.15, 0.2) is 48.8 Å². The number of hydrogen-bond donors (Lipinski definition) is 1. The first-order valence-corrected chi connectivity index (χ1v) is 8.61. The molecule has 0 spiro atoms. The second-order valence-electron chi connectivity index (χ2n) is 5.18. The number of pyridine rings is 1. The van der Waals surface area contributed by atoms with Crippen LogP contribution < -0.4 is 4.57 Å². The zero-order chi connectivity index (χ0) is 16.9. The van der Waals surface area contributed by atoms with Crippen LogP contribution in [0, 0.1) is 10.1 Å². The van der Waals surface area contributed by atoms with Crippen molar-refractivity contribution in [1.82, 2.24) is 0 Å². The quantitative estimate of drug-likeness (QED) is 0.359. The van der Waals surface area contributed by atoms with Crippen molar-refractivity contribution in [1.29, 1.82) is 0 Å². The van der Waals surface area contributed by atoms with Gasteiger partial charge in [-0.25, -0.2) is 4.57 Å². The summed E-state index contributed by atoms with van der Waals surface area (Å²) >= 11 is 0. The molecule has 0 radical (unpaired) electrons. The van der Waals surface area contributed by atoms with Crippen LogP contribution in [0.5, 0.6) is 0 Å². The molecule has 0 aliphatic carbocycles. The van der Waals surface area contributed by atoms with E-state index in [1.165, 1.54) is 12.1 Å². The molecular formula is C15H17N2O5S+. The van der Waals surface area contributed by atoms with Crippen molar-refractivity contribution in [2.24, 2.45) is 0 Å². The van der Waals surface area contributed by atoms with Gasteiger partial charge in [-0.2, -0.15) is 8.42 Å². The summed E-state index contributed by atoms with van der Waals surface area (Å²) in [4.78, 5) is 10.2. The van der Waals surface area contributed by atoms with E-state index >= 15 is 0 Å². The molecule has 23 heavy (non-hydrogen) atoms. The largest absolute Gasteiger partial charge is 0.286 e. The highest BCUT2D eigenvalue weighted by molar-refractivity contribution is 7.85. The fourth-order valence-electron chi connectivity index (χ4n) is 2.16. The van der Waals surface area contributed by atoms with Crippen LogP contribution in [-0.4, -0.2) is 23.6 Å². The molecule has 0 amide bonds. The van der Waals surface area contributed by atoms with E-state index in [4.69, 9.17) is 4.55 Å². The Morgan fingerprint density at radius 2 is 1.61 bits per heavy atom. The maximum atomic E-state index is 10.6. The third-order valence-electron chi connectivity index (χ3n) is 3.33. The van der Waals surface area contributed by atoms with Crippen LogP contribution in [0.25, 0.3) is 0 Å². The smallest absolute Gasteiger partial charge is 0.269 e. The number of nitrogens with zero attached hydrogens (tertiary/aromatic N) is 2. The molecule has 0 saturated heterocycles. The van der Waals surface area contributed by atoms with Crippen LogP contribution in [-0.2, 0) is 23.1 Å². The minimum absolute atomic E-state index is 0.0680. The molecule has 0 saturated carbocycles. The van der Waals surface area contributed by atoms with Gasteiger partial charge in [-0.1, -0.05) is 12.1 Å². The van der Waals surface area contributed by atoms with Gasteiger partial charge in [0.1, 0.15) is 6.54 Å². The first-order chi connectivity index (χ1) is 10.8. The van der Waals surface area contributed by atoms with E-state index < -0.39 is 15.0 Å². The number of benzene rings is 1. The molecule has 1 aromatic heterocycles. The molecule has 0 atom stereocenters. The number of nitro groups is 1. The van der Waals surface area contributed by atoms with Gasteiger partial charge in [-0.15, -0.1) is 0 Å². The lowest BCUT2D eigenvalue weighted by atomic mass is 10.1. The Morgan fingerprint density at radius 3 is 2.13 bits per heavy atom. The fraction of sp³-hybridized carbons (Fsp3) is 0.267. The first kappa shape index (κ1) is 17.0. The molecular weight excluding hydrogens is 320 g/mol. The van der Waals surface area contributed by atoms with Gasteiger partial charge in [0.15, 0.2) is 12.4 Å². The fourth-order valence-corrected chi connectivity index (χ4v) is 2.65. The Balaban J connectivity index is 1.93. The first-order valence-electron chi connectivity index (χ1n) is 7.00. The van der Waals surface area contributed by atoms with Crippen LogP contribution >= 0.6 is 0 Å². The number of rotatable bonds is 7. The Kier molecular flexibility index (Phi) is 5.41. The summed E-state index contributed by atoms with van der Waals surface area (Å²) in [5, 5.41) is 10.6. The summed E-state index contributed by atoms with van der Waals surface area (Å²) in [6.45, 7) is 0.498. The summed E-state index contributed by atoms with van der Waals surface area (Å²) in [6, 6.07) is 10.2. The third-order valence-corrected chi connectivity index (χ3v) is 4.14. The van der Waals surface area contributed by atoms with Gasteiger partial charge >= 0.3 is 0 Å². The second kappa shape index (κ2) is 7.30. The predicted molar refractivity (Wildman–Crippen MR) is 83.6 cm³/mol. The van der Waals surface area contributed by atoms with E-state index in [1.807, 2.05) is 29.1 Å². The molecule has 0 aliphatic rings. The molecule has 7 nitrogen and oxygen atoms in total. The minimum atomic E-state index is -3.91. The van der Waals surface area contributed by atoms with Gasteiger partial charge < -0.3 is 0 Å². The van der Waals surface area contributed by atoms with E-state index in [1.54, 1.807) is 12.1 Å². The Bertz CT molecular complexity index is 771. The van der Waals surface area contributed by atoms with Gasteiger partial charge in [0.05, 0.1) is 10.7 Å². The monoisotopic (exact) mass is 337 g/mol. The highest BCUT2D eigenvalue weighted by Gasteiger charge is 2.08. The van der Waals surface area contributed by atoms with E-state index in [-0.39, 0.29) is 11.4 Å². The number of aryl methyl sites for hydroxylation is 1. The SMILES string of the molecule is O=[N+]([O-])c1ccc(Cc2cc[n+](CCCS(=O)(=O)O)cc2)cc1. The van der Waals surface area contributed by atoms with E-state index in [0.717, 1.165) is 11.1 Å². The maximum absolute atomic E-state index is 10.6. The van der Waals surface area contributed by atoms with E-state index in [2.05, 4.69) is 0 Å². The van der Waals surface area contributed by atoms with Crippen molar-refractivity contribution in [3.63, 3.8) is 0 Å². The molecule has 8 heteroatoms. The van der Waals surface area contributed by atoms with Gasteiger partial charge in [0, 0.05) is 30.7 Å². The molecule has 1 aromatic carbocycles. The standard InChI is InChI=1S/C15H16N2O5S/c18-17(19)15-4-2-13(3-5-15)12-14-6-9-16(10-7-14)8-1-11-23(20,21)22/h2-7,9-10H,1,8,11-12H2/p+1. The van der Waals surface area contributed by atoms with Gasteiger partial charge in [-0.05, 0) is 17.5 Å². The Labute approximate surface area is 134 Å². The van der Waals surface area contributed by atoms with Gasteiger partial charge in [-0.3, -0.25) is 14.7 Å². The molecule has 122 valence electrons. The topological polar surface area (TPSA) is 101 Å². The molecule has 0 fully saturated rings. The molecule has 2 aromatic rings. The number of non-ortho nitro benzene ring substituents is 1. The van der Waals surface area contributed by atoms with E-state index in [0.29, 0.717) is 19.4 Å². The number of hydrogen-bond acceptors (Lipinski definition) is 4. The molecule has 0 unspecified atom stereocenters. The number of nitro benzene ring substituents is 1. The van der Waals surface area contributed by atoms with Crippen molar-refractivity contribution in [3.8, 4) is 0 Å². The zero-order valence-electron chi connectivity index (χ0n) is 12.3. The summed E-state index contributed by atoms with van der Waals surface area (Å²) in [6.07, 6.45) is 4.67. The van der Waals surface area contributed by atoms with Crippen LogP contribution in [0.4, 0.5) is 5.69 Å². The Hall–Kier alpha value is -2.32.